The Bertz CT molecular complexity index is 406. The number of amides is 1. The van der Waals surface area contributed by atoms with Crippen molar-refractivity contribution in [2.75, 3.05) is 6.61 Å². The Morgan fingerprint density at radius 2 is 1.95 bits per heavy atom. The average molecular weight is 278 g/mol. The summed E-state index contributed by atoms with van der Waals surface area (Å²) in [6.07, 6.45) is 2.52. The van der Waals surface area contributed by atoms with Gasteiger partial charge in [0.05, 0.1) is 12.1 Å². The molecule has 0 spiro atoms. The lowest BCUT2D eigenvalue weighted by molar-refractivity contribution is -0.124. The maximum absolute atomic E-state index is 11.6. The first kappa shape index (κ1) is 16.5. The van der Waals surface area contributed by atoms with Crippen molar-refractivity contribution in [2.45, 2.75) is 51.6 Å². The van der Waals surface area contributed by atoms with Gasteiger partial charge in [-0.05, 0) is 52.2 Å². The number of rotatable bonds is 9. The summed E-state index contributed by atoms with van der Waals surface area (Å²) in [5, 5.41) is 3.25. The molecule has 3 N–H and O–H groups in total. The monoisotopic (exact) mass is 278 g/mol. The quantitative estimate of drug-likeness (QED) is 0.682. The fourth-order valence-electron chi connectivity index (χ4n) is 2.19. The van der Waals surface area contributed by atoms with Crippen molar-refractivity contribution in [3.63, 3.8) is 0 Å². The Balaban J connectivity index is 2.29. The van der Waals surface area contributed by atoms with E-state index in [-0.39, 0.29) is 11.9 Å². The highest BCUT2D eigenvalue weighted by atomic mass is 16.5. The number of benzene rings is 1. The molecule has 1 aromatic rings. The van der Waals surface area contributed by atoms with Gasteiger partial charge in [0, 0.05) is 6.04 Å². The molecule has 4 heteroatoms. The minimum Gasteiger partial charge on any atom is -0.494 e. The second-order valence-electron chi connectivity index (χ2n) is 5.61. The van der Waals surface area contributed by atoms with Gasteiger partial charge in [-0.3, -0.25) is 4.79 Å². The molecule has 0 fully saturated rings. The van der Waals surface area contributed by atoms with E-state index in [1.165, 1.54) is 0 Å². The summed E-state index contributed by atoms with van der Waals surface area (Å²) in [5.74, 6) is 0.584. The highest BCUT2D eigenvalue weighted by Crippen LogP contribution is 2.15. The Labute approximate surface area is 121 Å². The predicted octanol–water partition coefficient (Wildman–Crippen LogP) is 2.48. The van der Waals surface area contributed by atoms with Crippen LogP contribution in [0.25, 0.3) is 0 Å². The molecule has 0 aromatic heterocycles. The third kappa shape index (κ3) is 5.61. The average Bonchev–Trinajstić information content (AvgIpc) is 2.38. The van der Waals surface area contributed by atoms with E-state index in [1.807, 2.05) is 51.1 Å². The number of unbranched alkanes of at least 4 members (excludes halogenated alkanes) is 1. The molecule has 1 aromatic carbocycles. The Hall–Kier alpha value is -1.55. The topological polar surface area (TPSA) is 64.3 Å². The Kier molecular flexibility index (Phi) is 6.52. The number of nitrogens with one attached hydrogen (secondary N) is 1. The molecule has 1 atom stereocenters. The molecular formula is C16H26N2O2. The summed E-state index contributed by atoms with van der Waals surface area (Å²) in [7, 11) is 0. The first-order valence-electron chi connectivity index (χ1n) is 7.19. The molecule has 0 radical (unpaired) electrons. The van der Waals surface area contributed by atoms with Gasteiger partial charge in [0.1, 0.15) is 5.75 Å². The van der Waals surface area contributed by atoms with Crippen LogP contribution in [-0.4, -0.2) is 24.1 Å². The summed E-state index contributed by atoms with van der Waals surface area (Å²) >= 11 is 0. The van der Waals surface area contributed by atoms with Crippen LogP contribution in [-0.2, 0) is 4.79 Å². The maximum atomic E-state index is 11.6. The van der Waals surface area contributed by atoms with E-state index in [2.05, 4.69) is 5.32 Å². The van der Waals surface area contributed by atoms with Crippen molar-refractivity contribution in [2.24, 2.45) is 5.73 Å². The van der Waals surface area contributed by atoms with Gasteiger partial charge in [-0.1, -0.05) is 18.2 Å². The molecule has 1 rings (SSSR count). The highest BCUT2D eigenvalue weighted by molar-refractivity contribution is 5.84. The van der Waals surface area contributed by atoms with Crippen LogP contribution < -0.4 is 15.8 Å². The molecule has 4 nitrogen and oxygen atoms in total. The molecule has 0 saturated carbocycles. The summed E-state index contributed by atoms with van der Waals surface area (Å²) in [6, 6.07) is 9.97. The first-order chi connectivity index (χ1) is 9.44. The summed E-state index contributed by atoms with van der Waals surface area (Å²) in [5.41, 5.74) is 4.85. The van der Waals surface area contributed by atoms with E-state index in [1.54, 1.807) is 0 Å². The second-order valence-corrected chi connectivity index (χ2v) is 5.61. The number of ether oxygens (including phenoxy) is 1. The molecule has 0 aliphatic rings. The maximum Gasteiger partial charge on any atom is 0.237 e. The van der Waals surface area contributed by atoms with E-state index in [0.29, 0.717) is 6.61 Å². The fraction of sp³-hybridized carbons (Fsp3) is 0.562. The van der Waals surface area contributed by atoms with E-state index >= 15 is 0 Å². The number of hydrogen-bond donors (Lipinski definition) is 2. The molecule has 0 aliphatic heterocycles. The van der Waals surface area contributed by atoms with Crippen molar-refractivity contribution >= 4 is 5.91 Å². The summed E-state index contributed by atoms with van der Waals surface area (Å²) in [6.45, 7) is 6.55. The van der Waals surface area contributed by atoms with Crippen LogP contribution >= 0.6 is 0 Å². The molecule has 0 heterocycles. The second kappa shape index (κ2) is 7.90. The van der Waals surface area contributed by atoms with Crippen molar-refractivity contribution in [3.05, 3.63) is 30.3 Å². The van der Waals surface area contributed by atoms with Crippen LogP contribution in [0.4, 0.5) is 0 Å². The van der Waals surface area contributed by atoms with Crippen molar-refractivity contribution in [1.82, 2.24) is 5.32 Å². The van der Waals surface area contributed by atoms with Gasteiger partial charge in [-0.25, -0.2) is 0 Å². The molecule has 0 bridgehead atoms. The lowest BCUT2D eigenvalue weighted by Crippen LogP contribution is -2.55. The van der Waals surface area contributed by atoms with Crippen LogP contribution in [0.15, 0.2) is 30.3 Å². The molecule has 112 valence electrons. The van der Waals surface area contributed by atoms with E-state index in [4.69, 9.17) is 10.5 Å². The number of hydrogen-bond acceptors (Lipinski definition) is 3. The summed E-state index contributed by atoms with van der Waals surface area (Å²) < 4.78 is 5.63. The van der Waals surface area contributed by atoms with Gasteiger partial charge >= 0.3 is 0 Å². The van der Waals surface area contributed by atoms with Gasteiger partial charge in [-0.2, -0.15) is 0 Å². The van der Waals surface area contributed by atoms with Crippen LogP contribution in [0, 0.1) is 0 Å². The lowest BCUT2D eigenvalue weighted by atomic mass is 9.93. The zero-order chi connectivity index (χ0) is 15.0. The number of carbonyl (C=O) groups is 1. The lowest BCUT2D eigenvalue weighted by Gasteiger charge is -2.29. The van der Waals surface area contributed by atoms with Gasteiger partial charge in [-0.15, -0.1) is 0 Å². The summed E-state index contributed by atoms with van der Waals surface area (Å²) in [4.78, 5) is 11.6. The first-order valence-corrected chi connectivity index (χ1v) is 7.19. The van der Waals surface area contributed by atoms with Crippen LogP contribution in [0.5, 0.6) is 5.75 Å². The minimum absolute atomic E-state index is 0.230. The highest BCUT2D eigenvalue weighted by Gasteiger charge is 2.30. The van der Waals surface area contributed by atoms with E-state index < -0.39 is 5.54 Å². The zero-order valence-electron chi connectivity index (χ0n) is 12.7. The molecule has 1 unspecified atom stereocenters. The minimum atomic E-state index is -0.638. The predicted molar refractivity (Wildman–Crippen MR) is 81.7 cm³/mol. The third-order valence-corrected chi connectivity index (χ3v) is 3.23. The molecule has 0 saturated heterocycles. The molecule has 1 amide bonds. The Morgan fingerprint density at radius 1 is 1.30 bits per heavy atom. The largest absolute Gasteiger partial charge is 0.494 e. The van der Waals surface area contributed by atoms with Gasteiger partial charge < -0.3 is 15.8 Å². The van der Waals surface area contributed by atoms with Gasteiger partial charge in [0.25, 0.3) is 0 Å². The number of para-hydroxylation sites is 1. The van der Waals surface area contributed by atoms with Gasteiger partial charge in [0.15, 0.2) is 0 Å². The van der Waals surface area contributed by atoms with Crippen molar-refractivity contribution in [1.29, 1.82) is 0 Å². The van der Waals surface area contributed by atoms with Crippen molar-refractivity contribution in [3.8, 4) is 5.75 Å². The normalized spacial score (nSPS) is 14.0. The number of primary amides is 1. The number of carbonyl (C=O) groups excluding carboxylic acids is 1. The Morgan fingerprint density at radius 3 is 2.50 bits per heavy atom. The smallest absolute Gasteiger partial charge is 0.237 e. The standard InChI is InChI=1S/C16H26N2O2/c1-13(2)18-16(3,15(17)19)11-7-8-12-20-14-9-5-4-6-10-14/h4-6,9-10,13,18H,7-8,11-12H2,1-3H3,(H2,17,19). The van der Waals surface area contributed by atoms with Crippen molar-refractivity contribution < 1.29 is 9.53 Å². The SMILES string of the molecule is CC(C)NC(C)(CCCCOc1ccccc1)C(N)=O. The number of nitrogens with two attached hydrogens (primary N) is 1. The fourth-order valence-corrected chi connectivity index (χ4v) is 2.19. The third-order valence-electron chi connectivity index (χ3n) is 3.23. The zero-order valence-corrected chi connectivity index (χ0v) is 12.7. The van der Waals surface area contributed by atoms with Gasteiger partial charge in [0.2, 0.25) is 5.91 Å². The van der Waals surface area contributed by atoms with Crippen LogP contribution in [0.1, 0.15) is 40.0 Å². The van der Waals surface area contributed by atoms with Crippen LogP contribution in [0.2, 0.25) is 0 Å². The molecular weight excluding hydrogens is 252 g/mol. The van der Waals surface area contributed by atoms with E-state index in [9.17, 15) is 4.79 Å². The van der Waals surface area contributed by atoms with Crippen LogP contribution in [0.3, 0.4) is 0 Å². The molecule has 0 aliphatic carbocycles. The van der Waals surface area contributed by atoms with E-state index in [0.717, 1.165) is 25.0 Å². The molecule has 20 heavy (non-hydrogen) atoms.